The topological polar surface area (TPSA) is 21.6 Å². The smallest absolute Gasteiger partial charge is 0.0660 e. The normalized spacial score (nSPS) is 21.9. The summed E-state index contributed by atoms with van der Waals surface area (Å²) in [7, 11) is 1.26. The number of hydrogen-bond acceptors (Lipinski definition) is 2. The van der Waals surface area contributed by atoms with Crippen LogP contribution < -0.4 is 0 Å². The van der Waals surface area contributed by atoms with Crippen LogP contribution in [0.4, 0.5) is 0 Å². The lowest BCUT2D eigenvalue weighted by molar-refractivity contribution is 0.219. The van der Waals surface area contributed by atoms with Crippen molar-refractivity contribution >= 4 is 7.71 Å². The Bertz CT molecular complexity index is 106. The summed E-state index contributed by atoms with van der Waals surface area (Å²) < 4.78 is 0. The lowest BCUT2D eigenvalue weighted by atomic mass is 10.3. The molecule has 54 valence electrons. The molecule has 0 bridgehead atoms. The van der Waals surface area contributed by atoms with Crippen LogP contribution in [0.15, 0.2) is 4.91 Å². The van der Waals surface area contributed by atoms with Gasteiger partial charge in [0.05, 0.1) is 7.11 Å². The molecule has 3 heteroatoms. The van der Waals surface area contributed by atoms with Gasteiger partial charge in [0.15, 0.2) is 0 Å². The fourth-order valence-corrected chi connectivity index (χ4v) is 3.19. The Hall–Kier alpha value is 0.190. The molecule has 1 aliphatic heterocycles. The van der Waals surface area contributed by atoms with Crippen LogP contribution in [0.3, 0.4) is 0 Å². The fourth-order valence-electron chi connectivity index (χ4n) is 1.18. The quantitative estimate of drug-likeness (QED) is 0.411. The van der Waals surface area contributed by atoms with Crippen molar-refractivity contribution in [3.63, 3.8) is 0 Å². The first-order valence-corrected chi connectivity index (χ1v) is 5.38. The molecule has 1 aliphatic rings. The van der Waals surface area contributed by atoms with E-state index in [4.69, 9.17) is 4.84 Å². The zero-order valence-corrected chi connectivity index (χ0v) is 6.89. The lowest BCUT2D eigenvalue weighted by Crippen LogP contribution is -1.93. The molecule has 0 aromatic rings. The van der Waals surface area contributed by atoms with Gasteiger partial charge >= 0.3 is 0 Å². The van der Waals surface area contributed by atoms with E-state index >= 15 is 0 Å². The van der Waals surface area contributed by atoms with E-state index in [9.17, 15) is 0 Å². The van der Waals surface area contributed by atoms with Crippen molar-refractivity contribution in [2.75, 3.05) is 19.4 Å². The summed E-state index contributed by atoms with van der Waals surface area (Å²) in [6, 6.07) is 0. The molecule has 9 heavy (non-hydrogen) atoms. The molecular formula is C6H14NOP. The lowest BCUT2D eigenvalue weighted by Gasteiger charge is -2.11. The maximum Gasteiger partial charge on any atom is 0.0660 e. The Balaban J connectivity index is 2.30. The van der Waals surface area contributed by atoms with Gasteiger partial charge in [-0.05, 0) is 32.9 Å². The maximum atomic E-state index is 4.75. The highest BCUT2D eigenvalue weighted by molar-refractivity contribution is 7.47. The molecule has 0 N–H and O–H groups in total. The van der Waals surface area contributed by atoms with Crippen LogP contribution in [0.1, 0.15) is 19.3 Å². The molecule has 0 atom stereocenters. The van der Waals surface area contributed by atoms with Crippen molar-refractivity contribution in [2.45, 2.75) is 19.3 Å². The van der Waals surface area contributed by atoms with Crippen LogP contribution in [-0.4, -0.2) is 19.4 Å². The van der Waals surface area contributed by atoms with Crippen molar-refractivity contribution in [3.05, 3.63) is 0 Å². The van der Waals surface area contributed by atoms with Gasteiger partial charge in [-0.3, -0.25) is 4.84 Å². The third-order valence-electron chi connectivity index (χ3n) is 1.65. The van der Waals surface area contributed by atoms with Crippen LogP contribution >= 0.6 is 7.71 Å². The Labute approximate surface area is 57.0 Å². The zero-order chi connectivity index (χ0) is 6.53. The van der Waals surface area contributed by atoms with Crippen molar-refractivity contribution in [2.24, 2.45) is 4.91 Å². The highest BCUT2D eigenvalue weighted by atomic mass is 31.1. The molecule has 1 saturated heterocycles. The molecule has 0 saturated carbocycles. The van der Waals surface area contributed by atoms with Crippen molar-refractivity contribution in [1.82, 2.24) is 0 Å². The molecule has 1 fully saturated rings. The average Bonchev–Trinajstić information content (AvgIpc) is 1.91. The first-order valence-electron chi connectivity index (χ1n) is 3.52. The molecule has 0 amide bonds. The van der Waals surface area contributed by atoms with Gasteiger partial charge in [0.2, 0.25) is 0 Å². The fraction of sp³-hybridized carbons (Fsp3) is 1.00. The predicted octanol–water partition coefficient (Wildman–Crippen LogP) is 2.13. The Morgan fingerprint density at radius 2 is 1.89 bits per heavy atom. The predicted molar refractivity (Wildman–Crippen MR) is 41.3 cm³/mol. The zero-order valence-electron chi connectivity index (χ0n) is 5.89. The van der Waals surface area contributed by atoms with Crippen LogP contribution in [-0.2, 0) is 4.84 Å². The molecule has 1 heterocycles. The largest absolute Gasteiger partial charge is 0.257 e. The monoisotopic (exact) mass is 147 g/mol. The van der Waals surface area contributed by atoms with Crippen LogP contribution in [0.5, 0.6) is 0 Å². The molecule has 0 aliphatic carbocycles. The first kappa shape index (κ1) is 7.30. The molecule has 0 aromatic heterocycles. The van der Waals surface area contributed by atoms with Crippen LogP contribution in [0.2, 0.25) is 0 Å². The van der Waals surface area contributed by atoms with Gasteiger partial charge in [0.1, 0.15) is 0 Å². The summed E-state index contributed by atoms with van der Waals surface area (Å²) in [6.07, 6.45) is 6.83. The van der Waals surface area contributed by atoms with Gasteiger partial charge in [0.25, 0.3) is 0 Å². The molecule has 2 nitrogen and oxygen atoms in total. The second-order valence-electron chi connectivity index (χ2n) is 2.40. The van der Waals surface area contributed by atoms with Crippen LogP contribution in [0, 0.1) is 0 Å². The highest BCUT2D eigenvalue weighted by Crippen LogP contribution is 2.33. The standard InChI is InChI=1S/C6H14NOP/c1-8-7-9-5-3-2-4-6-9/h9H,2-6H2,1H3. The number of rotatable bonds is 1. The van der Waals surface area contributed by atoms with Gasteiger partial charge in [-0.25, -0.2) is 0 Å². The van der Waals surface area contributed by atoms with Gasteiger partial charge in [-0.15, -0.1) is 0 Å². The van der Waals surface area contributed by atoms with Crippen molar-refractivity contribution < 1.29 is 4.84 Å². The first-order chi connectivity index (χ1) is 4.43. The summed E-state index contributed by atoms with van der Waals surface area (Å²) in [5, 5.41) is 0. The highest BCUT2D eigenvalue weighted by Gasteiger charge is 2.04. The Kier molecular flexibility index (Phi) is 3.31. The van der Waals surface area contributed by atoms with E-state index in [0.717, 1.165) is 0 Å². The molecule has 0 spiro atoms. The number of hydrogen-bond donors (Lipinski definition) is 0. The van der Waals surface area contributed by atoms with E-state index in [1.807, 2.05) is 0 Å². The molecule has 0 radical (unpaired) electrons. The van der Waals surface area contributed by atoms with E-state index in [-0.39, 0.29) is 0 Å². The summed E-state index contributed by atoms with van der Waals surface area (Å²) in [6.45, 7) is 0. The van der Waals surface area contributed by atoms with Gasteiger partial charge in [-0.2, -0.15) is 4.91 Å². The summed E-state index contributed by atoms with van der Waals surface area (Å²) >= 11 is 0. The summed E-state index contributed by atoms with van der Waals surface area (Å²) in [4.78, 5) is 8.84. The third kappa shape index (κ3) is 2.51. The SMILES string of the molecule is CON=[PH]1CCCCC1. The van der Waals surface area contributed by atoms with Crippen LogP contribution in [0.25, 0.3) is 0 Å². The maximum absolute atomic E-state index is 4.75. The average molecular weight is 147 g/mol. The summed E-state index contributed by atoms with van der Waals surface area (Å²) in [5.74, 6) is 0. The van der Waals surface area contributed by atoms with Gasteiger partial charge in [0, 0.05) is 0 Å². The molecule has 1 rings (SSSR count). The molecule has 0 unspecified atom stereocenters. The van der Waals surface area contributed by atoms with E-state index in [0.29, 0.717) is 0 Å². The van der Waals surface area contributed by atoms with Gasteiger partial charge < -0.3 is 0 Å². The summed E-state index contributed by atoms with van der Waals surface area (Å²) in [5.41, 5.74) is 0. The van der Waals surface area contributed by atoms with Crippen molar-refractivity contribution in [1.29, 1.82) is 0 Å². The van der Waals surface area contributed by atoms with E-state index in [1.54, 1.807) is 7.11 Å². The van der Waals surface area contributed by atoms with Crippen molar-refractivity contribution in [3.8, 4) is 0 Å². The molecular weight excluding hydrogens is 133 g/mol. The second-order valence-corrected chi connectivity index (χ2v) is 4.72. The molecule has 0 aromatic carbocycles. The Morgan fingerprint density at radius 1 is 1.22 bits per heavy atom. The second kappa shape index (κ2) is 4.08. The minimum Gasteiger partial charge on any atom is -0.257 e. The third-order valence-corrected chi connectivity index (χ3v) is 3.95. The van der Waals surface area contributed by atoms with Gasteiger partial charge in [-0.1, -0.05) is 6.42 Å². The Morgan fingerprint density at radius 3 is 2.44 bits per heavy atom. The van der Waals surface area contributed by atoms with E-state index in [2.05, 4.69) is 4.91 Å². The minimum absolute atomic E-state index is 0.396. The van der Waals surface area contributed by atoms with E-state index in [1.165, 1.54) is 31.6 Å². The number of nitrogens with zero attached hydrogens (tertiary/aromatic N) is 1. The van der Waals surface area contributed by atoms with E-state index < -0.39 is 7.71 Å². The minimum atomic E-state index is -0.396.